The van der Waals surface area contributed by atoms with Crippen LogP contribution in [-0.2, 0) is 11.2 Å². The number of halogens is 1. The summed E-state index contributed by atoms with van der Waals surface area (Å²) in [7, 11) is 0. The molecule has 1 aliphatic heterocycles. The van der Waals surface area contributed by atoms with Crippen LogP contribution in [0.1, 0.15) is 33.5 Å². The molecule has 0 spiro atoms. The van der Waals surface area contributed by atoms with E-state index in [4.69, 9.17) is 4.74 Å². The zero-order chi connectivity index (χ0) is 19.4. The third-order valence-corrected chi connectivity index (χ3v) is 4.94. The molecular formula is C21H24FNO4. The lowest BCUT2D eigenvalue weighted by Crippen LogP contribution is -2.54. The second kappa shape index (κ2) is 8.61. The van der Waals surface area contributed by atoms with Crippen LogP contribution in [0.25, 0.3) is 0 Å². The van der Waals surface area contributed by atoms with E-state index >= 15 is 0 Å². The molecule has 3 rings (SSSR count). The molecule has 0 unspecified atom stereocenters. The highest BCUT2D eigenvalue weighted by Crippen LogP contribution is 2.19. The van der Waals surface area contributed by atoms with Gasteiger partial charge in [-0.1, -0.05) is 30.3 Å². The first-order valence-corrected chi connectivity index (χ1v) is 9.04. The van der Waals surface area contributed by atoms with Crippen LogP contribution in [0, 0.1) is 12.7 Å². The fraction of sp³-hybridized carbons (Fsp3) is 0.381. The highest BCUT2D eigenvalue weighted by Gasteiger charge is 2.33. The molecule has 144 valence electrons. The highest BCUT2D eigenvalue weighted by atomic mass is 19.1. The molecule has 1 amide bonds. The van der Waals surface area contributed by atoms with E-state index in [1.165, 1.54) is 6.07 Å². The van der Waals surface area contributed by atoms with Crippen molar-refractivity contribution in [1.82, 2.24) is 5.32 Å². The lowest BCUT2D eigenvalue weighted by molar-refractivity contribution is -0.107. The number of hydrogen-bond acceptors (Lipinski definition) is 4. The van der Waals surface area contributed by atoms with Crippen LogP contribution < -0.4 is 5.32 Å². The van der Waals surface area contributed by atoms with Crippen molar-refractivity contribution in [2.45, 2.75) is 38.0 Å². The Morgan fingerprint density at radius 1 is 1.30 bits per heavy atom. The van der Waals surface area contributed by atoms with Gasteiger partial charge in [-0.15, -0.1) is 0 Å². The van der Waals surface area contributed by atoms with Crippen LogP contribution in [0.2, 0.25) is 0 Å². The summed E-state index contributed by atoms with van der Waals surface area (Å²) in [5.41, 5.74) is 2.62. The van der Waals surface area contributed by atoms with Gasteiger partial charge in [-0.3, -0.25) is 4.79 Å². The maximum absolute atomic E-state index is 13.8. The summed E-state index contributed by atoms with van der Waals surface area (Å²) in [5.74, 6) is -0.573. The molecule has 2 aromatic rings. The van der Waals surface area contributed by atoms with Gasteiger partial charge in [-0.2, -0.15) is 0 Å². The highest BCUT2D eigenvalue weighted by molar-refractivity contribution is 5.96. The zero-order valence-electron chi connectivity index (χ0n) is 15.2. The SMILES string of the molecule is Cc1ccc(Cc2ccccc2C(=O)N[C@H]2CCO[C@H](CO)[C@H]2O)cc1F. The van der Waals surface area contributed by atoms with Gasteiger partial charge in [-0.25, -0.2) is 4.39 Å². The van der Waals surface area contributed by atoms with E-state index < -0.39 is 18.2 Å². The van der Waals surface area contributed by atoms with Gasteiger partial charge < -0.3 is 20.3 Å². The van der Waals surface area contributed by atoms with Gasteiger partial charge in [-0.05, 0) is 48.6 Å². The molecule has 0 bridgehead atoms. The average molecular weight is 373 g/mol. The van der Waals surface area contributed by atoms with E-state index in [0.717, 1.165) is 11.1 Å². The van der Waals surface area contributed by atoms with Crippen LogP contribution in [-0.4, -0.2) is 47.6 Å². The summed E-state index contributed by atoms with van der Waals surface area (Å²) in [6.07, 6.45) is -0.772. The molecule has 3 atom stereocenters. The number of ether oxygens (including phenoxy) is 1. The Labute approximate surface area is 157 Å². The van der Waals surface area contributed by atoms with Crippen LogP contribution in [0.5, 0.6) is 0 Å². The van der Waals surface area contributed by atoms with Crippen LogP contribution in [0.15, 0.2) is 42.5 Å². The molecule has 5 nitrogen and oxygen atoms in total. The lowest BCUT2D eigenvalue weighted by Gasteiger charge is -2.34. The van der Waals surface area contributed by atoms with Gasteiger partial charge >= 0.3 is 0 Å². The minimum Gasteiger partial charge on any atom is -0.394 e. The second-order valence-electron chi connectivity index (χ2n) is 6.87. The Bertz CT molecular complexity index is 811. The molecule has 27 heavy (non-hydrogen) atoms. The molecule has 1 fully saturated rings. The molecule has 1 aliphatic rings. The van der Waals surface area contributed by atoms with Gasteiger partial charge in [0.1, 0.15) is 18.0 Å². The first-order chi connectivity index (χ1) is 13.0. The Hall–Kier alpha value is -2.28. The van der Waals surface area contributed by atoms with E-state index in [2.05, 4.69) is 5.32 Å². The molecule has 2 aromatic carbocycles. The summed E-state index contributed by atoms with van der Waals surface area (Å²) in [6, 6.07) is 11.7. The van der Waals surface area contributed by atoms with E-state index in [9.17, 15) is 19.4 Å². The van der Waals surface area contributed by atoms with E-state index in [1.54, 1.807) is 25.1 Å². The van der Waals surface area contributed by atoms with E-state index in [0.29, 0.717) is 30.6 Å². The summed E-state index contributed by atoms with van der Waals surface area (Å²) in [6.45, 7) is 1.76. The van der Waals surface area contributed by atoms with Crippen molar-refractivity contribution < 1.29 is 24.1 Å². The van der Waals surface area contributed by atoms with Gasteiger partial charge in [0.25, 0.3) is 5.91 Å². The molecule has 0 aromatic heterocycles. The van der Waals surface area contributed by atoms with Crippen molar-refractivity contribution in [3.8, 4) is 0 Å². The third kappa shape index (κ3) is 4.53. The van der Waals surface area contributed by atoms with Crippen molar-refractivity contribution in [1.29, 1.82) is 0 Å². The number of carbonyl (C=O) groups excluding carboxylic acids is 1. The van der Waals surface area contributed by atoms with Gasteiger partial charge in [0.2, 0.25) is 0 Å². The van der Waals surface area contributed by atoms with E-state index in [-0.39, 0.29) is 18.3 Å². The Kier molecular flexibility index (Phi) is 6.21. The minimum absolute atomic E-state index is 0.269. The van der Waals surface area contributed by atoms with Crippen molar-refractivity contribution in [2.75, 3.05) is 13.2 Å². The first kappa shape index (κ1) is 19.5. The van der Waals surface area contributed by atoms with Gasteiger partial charge in [0, 0.05) is 12.2 Å². The summed E-state index contributed by atoms with van der Waals surface area (Å²) in [5, 5.41) is 22.3. The molecule has 1 saturated heterocycles. The number of nitrogens with one attached hydrogen (secondary N) is 1. The molecule has 3 N–H and O–H groups in total. The Balaban J connectivity index is 1.76. The molecule has 0 saturated carbocycles. The van der Waals surface area contributed by atoms with Crippen molar-refractivity contribution in [3.63, 3.8) is 0 Å². The van der Waals surface area contributed by atoms with E-state index in [1.807, 2.05) is 18.2 Å². The smallest absolute Gasteiger partial charge is 0.251 e. The molecule has 6 heteroatoms. The quantitative estimate of drug-likeness (QED) is 0.749. The van der Waals surface area contributed by atoms with Gasteiger partial charge in [0.05, 0.1) is 12.6 Å². The lowest BCUT2D eigenvalue weighted by atomic mass is 9.96. The third-order valence-electron chi connectivity index (χ3n) is 4.94. The Morgan fingerprint density at radius 3 is 2.81 bits per heavy atom. The van der Waals surface area contributed by atoms with Crippen LogP contribution in [0.3, 0.4) is 0 Å². The number of aliphatic hydroxyl groups is 2. The maximum atomic E-state index is 13.8. The topological polar surface area (TPSA) is 78.8 Å². The predicted molar refractivity (Wildman–Crippen MR) is 99.1 cm³/mol. The zero-order valence-corrected chi connectivity index (χ0v) is 15.2. The second-order valence-corrected chi connectivity index (χ2v) is 6.87. The molecular weight excluding hydrogens is 349 g/mol. The summed E-state index contributed by atoms with van der Waals surface area (Å²) >= 11 is 0. The summed E-state index contributed by atoms with van der Waals surface area (Å²) in [4.78, 5) is 12.8. The number of rotatable bonds is 5. The predicted octanol–water partition coefficient (Wildman–Crippen LogP) is 1.97. The van der Waals surface area contributed by atoms with Crippen molar-refractivity contribution >= 4 is 5.91 Å². The monoisotopic (exact) mass is 373 g/mol. The fourth-order valence-corrected chi connectivity index (χ4v) is 3.30. The number of amides is 1. The standard InChI is InChI=1S/C21H24FNO4/c1-13-6-7-14(11-17(13)22)10-15-4-2-3-5-16(15)21(26)23-18-8-9-27-19(12-24)20(18)25/h2-7,11,18-20,24-25H,8-10,12H2,1H3,(H,23,26)/t18-,19+,20-/m0/s1. The maximum Gasteiger partial charge on any atom is 0.251 e. The van der Waals surface area contributed by atoms with Gasteiger partial charge in [0.15, 0.2) is 0 Å². The largest absolute Gasteiger partial charge is 0.394 e. The van der Waals surface area contributed by atoms with Crippen molar-refractivity contribution in [3.05, 3.63) is 70.5 Å². The first-order valence-electron chi connectivity index (χ1n) is 9.04. The van der Waals surface area contributed by atoms with Crippen molar-refractivity contribution in [2.24, 2.45) is 0 Å². The molecule has 1 heterocycles. The Morgan fingerprint density at radius 2 is 2.07 bits per heavy atom. The number of benzene rings is 2. The minimum atomic E-state index is -0.967. The molecule has 0 aliphatic carbocycles. The number of hydrogen-bond donors (Lipinski definition) is 3. The number of aliphatic hydroxyl groups excluding tert-OH is 2. The molecule has 0 radical (unpaired) electrons. The number of aryl methyl sites for hydroxylation is 1. The normalized spacial score (nSPS) is 22.4. The number of carbonyl (C=O) groups is 1. The van der Waals surface area contributed by atoms with Crippen LogP contribution in [0.4, 0.5) is 4.39 Å². The average Bonchev–Trinajstić information content (AvgIpc) is 2.67. The fourth-order valence-electron chi connectivity index (χ4n) is 3.30. The summed E-state index contributed by atoms with van der Waals surface area (Å²) < 4.78 is 19.1. The van der Waals surface area contributed by atoms with Crippen LogP contribution >= 0.6 is 0 Å².